The third-order valence-electron chi connectivity index (χ3n) is 4.17. The second-order valence-electron chi connectivity index (χ2n) is 7.34. The van der Waals surface area contributed by atoms with Gasteiger partial charge in [0.25, 0.3) is 5.91 Å². The summed E-state index contributed by atoms with van der Waals surface area (Å²) < 4.78 is 3.55. The molecule has 132 valence electrons. The fourth-order valence-electron chi connectivity index (χ4n) is 2.77. The molecule has 0 aromatic carbocycles. The molecule has 0 saturated carbocycles. The van der Waals surface area contributed by atoms with Gasteiger partial charge in [0.05, 0.1) is 17.8 Å². The summed E-state index contributed by atoms with van der Waals surface area (Å²) in [6.07, 6.45) is 3.22. The molecule has 0 aliphatic carbocycles. The number of nitrogens with zero attached hydrogens (tertiary/aromatic N) is 7. The maximum absolute atomic E-state index is 12.8. The number of carbonyl (C=O) groups is 1. The Morgan fingerprint density at radius 1 is 1.28 bits per heavy atom. The molecule has 0 atom stereocenters. The van der Waals surface area contributed by atoms with Crippen LogP contribution in [0.3, 0.4) is 0 Å². The van der Waals surface area contributed by atoms with Crippen molar-refractivity contribution in [3.63, 3.8) is 0 Å². The maximum Gasteiger partial charge on any atom is 0.255 e. The van der Waals surface area contributed by atoms with Crippen molar-refractivity contribution in [2.45, 2.75) is 32.7 Å². The molecule has 3 rings (SSSR count). The summed E-state index contributed by atoms with van der Waals surface area (Å²) in [7, 11) is 5.47. The molecule has 0 N–H and O–H groups in total. The molecular weight excluding hydrogens is 318 g/mol. The molecule has 0 aliphatic heterocycles. The first-order valence-electron chi connectivity index (χ1n) is 8.10. The average molecular weight is 341 g/mol. The summed E-state index contributed by atoms with van der Waals surface area (Å²) in [5.41, 5.74) is 2.11. The lowest BCUT2D eigenvalue weighted by molar-refractivity contribution is 0.0780. The first-order valence-corrected chi connectivity index (χ1v) is 8.10. The van der Waals surface area contributed by atoms with Gasteiger partial charge in [-0.1, -0.05) is 20.8 Å². The highest BCUT2D eigenvalue weighted by molar-refractivity contribution is 5.97. The van der Waals surface area contributed by atoms with Gasteiger partial charge < -0.3 is 9.47 Å². The van der Waals surface area contributed by atoms with Crippen LogP contribution < -0.4 is 0 Å². The lowest BCUT2D eigenvalue weighted by atomic mass is 9.90. The van der Waals surface area contributed by atoms with Crippen molar-refractivity contribution in [1.29, 1.82) is 0 Å². The zero-order valence-electron chi connectivity index (χ0n) is 15.5. The van der Waals surface area contributed by atoms with E-state index >= 15 is 0 Å². The Kier molecular flexibility index (Phi) is 4.06. The Labute approximate surface area is 146 Å². The Balaban J connectivity index is 1.95. The predicted octanol–water partition coefficient (Wildman–Crippen LogP) is 1.67. The van der Waals surface area contributed by atoms with E-state index in [0.717, 1.165) is 22.6 Å². The summed E-state index contributed by atoms with van der Waals surface area (Å²) >= 11 is 0. The number of aromatic nitrogens is 6. The van der Waals surface area contributed by atoms with Crippen LogP contribution in [-0.4, -0.2) is 47.4 Å². The van der Waals surface area contributed by atoms with Crippen LogP contribution in [0.1, 0.15) is 42.6 Å². The van der Waals surface area contributed by atoms with E-state index in [9.17, 15) is 4.79 Å². The predicted molar refractivity (Wildman–Crippen MR) is 94.0 cm³/mol. The van der Waals surface area contributed by atoms with Gasteiger partial charge in [-0.05, 0) is 6.07 Å². The number of rotatable bonds is 3. The number of hydrogen-bond donors (Lipinski definition) is 0. The highest BCUT2D eigenvalue weighted by Gasteiger charge is 2.24. The Morgan fingerprint density at radius 3 is 2.60 bits per heavy atom. The standard InChI is InChI=1S/C17H23N7O/c1-17(2,3)14-12-7-11(8-18-15(12)24(6)21-14)16(25)22(4)9-13-20-19-10-23(13)5/h7-8,10H,9H2,1-6H3. The van der Waals surface area contributed by atoms with Gasteiger partial charge >= 0.3 is 0 Å². The highest BCUT2D eigenvalue weighted by Crippen LogP contribution is 2.28. The Hall–Kier alpha value is -2.77. The zero-order valence-corrected chi connectivity index (χ0v) is 15.5. The number of fused-ring (bicyclic) bond motifs is 1. The van der Waals surface area contributed by atoms with Gasteiger partial charge in [0.1, 0.15) is 6.33 Å². The second-order valence-corrected chi connectivity index (χ2v) is 7.34. The Bertz CT molecular complexity index is 932. The Morgan fingerprint density at radius 2 is 2.00 bits per heavy atom. The average Bonchev–Trinajstić information content (AvgIpc) is 3.10. The molecule has 3 heterocycles. The van der Waals surface area contributed by atoms with Crippen LogP contribution in [0.25, 0.3) is 11.0 Å². The molecule has 3 aromatic heterocycles. The van der Waals surface area contributed by atoms with Crippen LogP contribution in [0.15, 0.2) is 18.6 Å². The molecule has 0 unspecified atom stereocenters. The van der Waals surface area contributed by atoms with Crippen molar-refractivity contribution in [1.82, 2.24) is 34.4 Å². The van der Waals surface area contributed by atoms with E-state index < -0.39 is 0 Å². The van der Waals surface area contributed by atoms with E-state index in [1.807, 2.05) is 20.2 Å². The van der Waals surface area contributed by atoms with Crippen LogP contribution in [0.2, 0.25) is 0 Å². The van der Waals surface area contributed by atoms with Gasteiger partial charge in [-0.3, -0.25) is 9.48 Å². The van der Waals surface area contributed by atoms with Crippen molar-refractivity contribution >= 4 is 16.9 Å². The minimum absolute atomic E-state index is 0.110. The molecule has 3 aromatic rings. The summed E-state index contributed by atoms with van der Waals surface area (Å²) in [5.74, 6) is 0.614. The largest absolute Gasteiger partial charge is 0.334 e. The van der Waals surface area contributed by atoms with Crippen molar-refractivity contribution in [3.8, 4) is 0 Å². The smallest absolute Gasteiger partial charge is 0.255 e. The number of amides is 1. The van der Waals surface area contributed by atoms with E-state index in [2.05, 4.69) is 41.1 Å². The monoisotopic (exact) mass is 341 g/mol. The third-order valence-corrected chi connectivity index (χ3v) is 4.17. The molecule has 1 amide bonds. The molecule has 8 nitrogen and oxygen atoms in total. The van der Waals surface area contributed by atoms with E-state index in [-0.39, 0.29) is 11.3 Å². The fraction of sp³-hybridized carbons (Fsp3) is 0.471. The van der Waals surface area contributed by atoms with Gasteiger partial charge in [-0.15, -0.1) is 10.2 Å². The number of aryl methyl sites for hydroxylation is 2. The first kappa shape index (κ1) is 17.1. The summed E-state index contributed by atoms with van der Waals surface area (Å²) in [5, 5.41) is 13.4. The van der Waals surface area contributed by atoms with Crippen molar-refractivity contribution in [3.05, 3.63) is 35.7 Å². The zero-order chi connectivity index (χ0) is 18.4. The SMILES string of the molecule is CN(Cc1nncn1C)C(=O)c1cnc2c(c1)c(C(C)(C)C)nn2C. The van der Waals surface area contributed by atoms with Crippen molar-refractivity contribution in [2.24, 2.45) is 14.1 Å². The normalized spacial score (nSPS) is 11.9. The molecule has 0 bridgehead atoms. The third kappa shape index (κ3) is 3.11. The van der Waals surface area contributed by atoms with Crippen LogP contribution in [0.4, 0.5) is 0 Å². The van der Waals surface area contributed by atoms with Crippen LogP contribution in [-0.2, 0) is 26.1 Å². The van der Waals surface area contributed by atoms with Gasteiger partial charge in [0, 0.05) is 38.1 Å². The van der Waals surface area contributed by atoms with Crippen LogP contribution in [0, 0.1) is 0 Å². The quantitative estimate of drug-likeness (QED) is 0.724. The summed E-state index contributed by atoms with van der Waals surface area (Å²) in [6, 6.07) is 1.88. The van der Waals surface area contributed by atoms with E-state index in [1.165, 1.54) is 0 Å². The molecule has 0 saturated heterocycles. The van der Waals surface area contributed by atoms with E-state index in [1.54, 1.807) is 33.7 Å². The van der Waals surface area contributed by atoms with Crippen LogP contribution >= 0.6 is 0 Å². The molecule has 8 heteroatoms. The number of carbonyl (C=O) groups excluding carboxylic acids is 1. The minimum Gasteiger partial charge on any atom is -0.334 e. The van der Waals surface area contributed by atoms with Gasteiger partial charge in [-0.2, -0.15) is 5.10 Å². The first-order chi connectivity index (χ1) is 11.7. The van der Waals surface area contributed by atoms with Gasteiger partial charge in [0.2, 0.25) is 0 Å². The lowest BCUT2D eigenvalue weighted by Crippen LogP contribution is -2.27. The van der Waals surface area contributed by atoms with Crippen molar-refractivity contribution in [2.75, 3.05) is 7.05 Å². The molecule has 0 fully saturated rings. The molecule has 0 aliphatic rings. The fourth-order valence-corrected chi connectivity index (χ4v) is 2.77. The van der Waals surface area contributed by atoms with E-state index in [0.29, 0.717) is 12.1 Å². The topological polar surface area (TPSA) is 81.7 Å². The van der Waals surface area contributed by atoms with Crippen LogP contribution in [0.5, 0.6) is 0 Å². The van der Waals surface area contributed by atoms with Gasteiger partial charge in [0.15, 0.2) is 11.5 Å². The maximum atomic E-state index is 12.8. The number of pyridine rings is 1. The molecule has 0 spiro atoms. The minimum atomic E-state index is -0.132. The molecule has 0 radical (unpaired) electrons. The van der Waals surface area contributed by atoms with Gasteiger partial charge in [-0.25, -0.2) is 4.98 Å². The number of hydrogen-bond acceptors (Lipinski definition) is 5. The van der Waals surface area contributed by atoms with E-state index in [4.69, 9.17) is 0 Å². The highest BCUT2D eigenvalue weighted by atomic mass is 16.2. The lowest BCUT2D eigenvalue weighted by Gasteiger charge is -2.17. The second kappa shape index (κ2) is 5.94. The molecule has 25 heavy (non-hydrogen) atoms. The van der Waals surface area contributed by atoms with Crippen molar-refractivity contribution < 1.29 is 4.79 Å². The summed E-state index contributed by atoms with van der Waals surface area (Å²) in [6.45, 7) is 6.68. The summed E-state index contributed by atoms with van der Waals surface area (Å²) in [4.78, 5) is 18.9. The molecular formula is C17H23N7O.